The van der Waals surface area contributed by atoms with Crippen molar-refractivity contribution < 1.29 is 19.2 Å². The molecule has 0 saturated carbocycles. The summed E-state index contributed by atoms with van der Waals surface area (Å²) < 4.78 is 10.9. The lowest BCUT2D eigenvalue weighted by Crippen LogP contribution is -2.01. The molecule has 0 fully saturated rings. The maximum absolute atomic E-state index is 11.0. The quantitative estimate of drug-likeness (QED) is 0.743. The van der Waals surface area contributed by atoms with Crippen LogP contribution in [-0.2, 0) is 6.42 Å². The normalized spacial score (nSPS) is 10.5. The van der Waals surface area contributed by atoms with Gasteiger partial charge in [0.05, 0.1) is 6.61 Å². The van der Waals surface area contributed by atoms with Gasteiger partial charge >= 0.3 is 5.97 Å². The van der Waals surface area contributed by atoms with Gasteiger partial charge in [-0.15, -0.1) is 0 Å². The highest BCUT2D eigenvalue weighted by molar-refractivity contribution is 5.88. The van der Waals surface area contributed by atoms with E-state index in [0.717, 1.165) is 17.7 Å². The summed E-state index contributed by atoms with van der Waals surface area (Å²) in [5.41, 5.74) is 2.45. The molecular weight excluding hydrogens is 306 g/mol. The monoisotopic (exact) mass is 323 g/mol. The fourth-order valence-electron chi connectivity index (χ4n) is 2.44. The Balaban J connectivity index is 1.64. The first-order valence-electron chi connectivity index (χ1n) is 7.62. The number of aromatic carboxylic acids is 1. The standard InChI is InChI=1S/C19H17NO4/c1-13-17(19(21)22)20-24-18(13)15-7-9-16(10-8-15)23-12-11-14-5-3-2-4-6-14/h2-10H,11-12H2,1H3,(H,21,22). The Bertz CT molecular complexity index is 822. The van der Waals surface area contributed by atoms with Gasteiger partial charge in [-0.05, 0) is 36.8 Å². The maximum atomic E-state index is 11.0. The van der Waals surface area contributed by atoms with Crippen molar-refractivity contribution >= 4 is 5.97 Å². The van der Waals surface area contributed by atoms with Crippen LogP contribution in [0.15, 0.2) is 59.1 Å². The van der Waals surface area contributed by atoms with E-state index in [-0.39, 0.29) is 5.69 Å². The van der Waals surface area contributed by atoms with Gasteiger partial charge in [0.25, 0.3) is 0 Å². The number of nitrogens with zero attached hydrogens (tertiary/aromatic N) is 1. The summed E-state index contributed by atoms with van der Waals surface area (Å²) in [6, 6.07) is 17.5. The zero-order valence-electron chi connectivity index (χ0n) is 13.2. The van der Waals surface area contributed by atoms with Gasteiger partial charge < -0.3 is 14.4 Å². The Morgan fingerprint density at radius 3 is 2.46 bits per heavy atom. The van der Waals surface area contributed by atoms with E-state index >= 15 is 0 Å². The zero-order valence-corrected chi connectivity index (χ0v) is 13.2. The fourth-order valence-corrected chi connectivity index (χ4v) is 2.44. The second-order valence-electron chi connectivity index (χ2n) is 5.40. The molecule has 0 amide bonds. The van der Waals surface area contributed by atoms with E-state index in [4.69, 9.17) is 14.4 Å². The molecule has 24 heavy (non-hydrogen) atoms. The first-order valence-corrected chi connectivity index (χ1v) is 7.62. The molecular formula is C19H17NO4. The van der Waals surface area contributed by atoms with E-state index in [0.29, 0.717) is 17.9 Å². The number of ether oxygens (including phenoxy) is 1. The van der Waals surface area contributed by atoms with Crippen molar-refractivity contribution in [3.63, 3.8) is 0 Å². The number of carbonyl (C=O) groups is 1. The molecule has 0 radical (unpaired) electrons. The maximum Gasteiger partial charge on any atom is 0.358 e. The molecule has 0 atom stereocenters. The minimum Gasteiger partial charge on any atom is -0.493 e. The summed E-state index contributed by atoms with van der Waals surface area (Å²) in [5.74, 6) is 0.122. The van der Waals surface area contributed by atoms with Crippen LogP contribution in [0.4, 0.5) is 0 Å². The average molecular weight is 323 g/mol. The summed E-state index contributed by atoms with van der Waals surface area (Å²) in [6.07, 6.45) is 0.839. The smallest absolute Gasteiger partial charge is 0.358 e. The summed E-state index contributed by atoms with van der Waals surface area (Å²) in [5, 5.41) is 12.6. The van der Waals surface area contributed by atoms with Crippen LogP contribution >= 0.6 is 0 Å². The van der Waals surface area contributed by atoms with Crippen molar-refractivity contribution in [2.24, 2.45) is 0 Å². The number of hydrogen-bond donors (Lipinski definition) is 1. The minimum atomic E-state index is -1.09. The minimum absolute atomic E-state index is 0.0619. The van der Waals surface area contributed by atoms with E-state index in [2.05, 4.69) is 17.3 Å². The van der Waals surface area contributed by atoms with Crippen LogP contribution in [0.2, 0.25) is 0 Å². The number of benzene rings is 2. The van der Waals surface area contributed by atoms with Crippen molar-refractivity contribution in [1.29, 1.82) is 0 Å². The molecule has 0 unspecified atom stereocenters. The number of rotatable bonds is 6. The van der Waals surface area contributed by atoms with Crippen LogP contribution in [0.5, 0.6) is 5.75 Å². The van der Waals surface area contributed by atoms with Crippen LogP contribution in [-0.4, -0.2) is 22.8 Å². The molecule has 0 aliphatic carbocycles. The Morgan fingerprint density at radius 1 is 1.12 bits per heavy atom. The molecule has 0 bridgehead atoms. The Kier molecular flexibility index (Phi) is 4.61. The summed E-state index contributed by atoms with van der Waals surface area (Å²) in [4.78, 5) is 11.0. The molecule has 0 aliphatic heterocycles. The zero-order chi connectivity index (χ0) is 16.9. The highest BCUT2D eigenvalue weighted by Crippen LogP contribution is 2.27. The van der Waals surface area contributed by atoms with E-state index < -0.39 is 5.97 Å². The van der Waals surface area contributed by atoms with Crippen molar-refractivity contribution in [3.8, 4) is 17.1 Å². The molecule has 5 nitrogen and oxygen atoms in total. The van der Waals surface area contributed by atoms with Gasteiger partial charge in [-0.1, -0.05) is 35.5 Å². The largest absolute Gasteiger partial charge is 0.493 e. The lowest BCUT2D eigenvalue weighted by Gasteiger charge is -2.07. The van der Waals surface area contributed by atoms with Crippen LogP contribution in [0, 0.1) is 6.92 Å². The third-order valence-corrected chi connectivity index (χ3v) is 3.75. The summed E-state index contributed by atoms with van der Waals surface area (Å²) in [6.45, 7) is 2.27. The lowest BCUT2D eigenvalue weighted by atomic mass is 10.1. The van der Waals surface area contributed by atoms with Crippen molar-refractivity contribution in [2.75, 3.05) is 6.61 Å². The summed E-state index contributed by atoms with van der Waals surface area (Å²) >= 11 is 0. The molecule has 0 aliphatic rings. The Hall–Kier alpha value is -3.08. The van der Waals surface area contributed by atoms with Gasteiger partial charge in [0.15, 0.2) is 11.5 Å². The van der Waals surface area contributed by atoms with E-state index in [1.165, 1.54) is 5.56 Å². The third-order valence-electron chi connectivity index (χ3n) is 3.75. The highest BCUT2D eigenvalue weighted by atomic mass is 16.5. The number of aromatic nitrogens is 1. The van der Waals surface area contributed by atoms with Gasteiger partial charge in [0, 0.05) is 17.5 Å². The molecule has 1 N–H and O–H groups in total. The second-order valence-corrected chi connectivity index (χ2v) is 5.40. The molecule has 1 heterocycles. The number of carboxylic acids is 1. The van der Waals surface area contributed by atoms with Gasteiger partial charge in [-0.3, -0.25) is 0 Å². The molecule has 0 saturated heterocycles. The van der Waals surface area contributed by atoms with Gasteiger partial charge in [0.1, 0.15) is 5.75 Å². The third kappa shape index (κ3) is 3.46. The van der Waals surface area contributed by atoms with Crippen LogP contribution in [0.1, 0.15) is 21.6 Å². The van der Waals surface area contributed by atoms with Crippen molar-refractivity contribution in [2.45, 2.75) is 13.3 Å². The molecule has 3 rings (SSSR count). The van der Waals surface area contributed by atoms with Gasteiger partial charge in [-0.25, -0.2) is 4.79 Å². The molecule has 0 spiro atoms. The topological polar surface area (TPSA) is 72.6 Å². The van der Waals surface area contributed by atoms with Crippen LogP contribution in [0.25, 0.3) is 11.3 Å². The molecule has 3 aromatic rings. The highest BCUT2D eigenvalue weighted by Gasteiger charge is 2.18. The number of carboxylic acid groups (broad SMARTS) is 1. The lowest BCUT2D eigenvalue weighted by molar-refractivity contribution is 0.0685. The van der Waals surface area contributed by atoms with E-state index in [9.17, 15) is 4.79 Å². The molecule has 122 valence electrons. The van der Waals surface area contributed by atoms with E-state index in [1.54, 1.807) is 6.92 Å². The van der Waals surface area contributed by atoms with Crippen molar-refractivity contribution in [1.82, 2.24) is 5.16 Å². The van der Waals surface area contributed by atoms with Crippen LogP contribution < -0.4 is 4.74 Å². The molecule has 2 aromatic carbocycles. The van der Waals surface area contributed by atoms with E-state index in [1.807, 2.05) is 42.5 Å². The SMILES string of the molecule is Cc1c(C(=O)O)noc1-c1ccc(OCCc2ccccc2)cc1. The summed E-state index contributed by atoms with van der Waals surface area (Å²) in [7, 11) is 0. The predicted octanol–water partition coefficient (Wildman–Crippen LogP) is 3.97. The Morgan fingerprint density at radius 2 is 1.83 bits per heavy atom. The van der Waals surface area contributed by atoms with Crippen LogP contribution in [0.3, 0.4) is 0 Å². The first kappa shape index (κ1) is 15.8. The Labute approximate surface area is 139 Å². The predicted molar refractivity (Wildman–Crippen MR) is 89.3 cm³/mol. The average Bonchev–Trinajstić information content (AvgIpc) is 2.98. The number of hydrogen-bond acceptors (Lipinski definition) is 4. The fraction of sp³-hybridized carbons (Fsp3) is 0.158. The second kappa shape index (κ2) is 7.00. The van der Waals surface area contributed by atoms with Gasteiger partial charge in [-0.2, -0.15) is 0 Å². The van der Waals surface area contributed by atoms with Crippen molar-refractivity contribution in [3.05, 3.63) is 71.4 Å². The van der Waals surface area contributed by atoms with Gasteiger partial charge in [0.2, 0.25) is 0 Å². The molecule has 5 heteroatoms. The first-order chi connectivity index (χ1) is 11.6. The molecule has 1 aromatic heterocycles.